The van der Waals surface area contributed by atoms with Gasteiger partial charge in [0.05, 0.1) is 5.02 Å². The van der Waals surface area contributed by atoms with Gasteiger partial charge in [0, 0.05) is 34.6 Å². The van der Waals surface area contributed by atoms with E-state index >= 15 is 0 Å². The second kappa shape index (κ2) is 4.29. The Kier molecular flexibility index (Phi) is 2.78. The number of nitrogens with zero attached hydrogens (tertiary/aromatic N) is 1. The van der Waals surface area contributed by atoms with Crippen LogP contribution in [0, 0.1) is 0 Å². The number of fused-ring (bicyclic) bond motifs is 1. The molecule has 0 radical (unpaired) electrons. The zero-order chi connectivity index (χ0) is 11.8. The maximum absolute atomic E-state index is 6.17. The van der Waals surface area contributed by atoms with Crippen molar-refractivity contribution in [3.63, 3.8) is 0 Å². The maximum Gasteiger partial charge on any atom is 0.124 e. The molecular weight excluding hydrogens is 254 g/mol. The van der Waals surface area contributed by atoms with Crippen LogP contribution in [0.2, 0.25) is 5.02 Å². The predicted molar refractivity (Wildman–Crippen MR) is 72.4 cm³/mol. The summed E-state index contributed by atoms with van der Waals surface area (Å²) < 4.78 is 0. The largest absolute Gasteiger partial charge is 0.384 e. The Balaban J connectivity index is 2.08. The summed E-state index contributed by atoms with van der Waals surface area (Å²) in [7, 11) is 0. The van der Waals surface area contributed by atoms with Gasteiger partial charge in [-0.1, -0.05) is 11.6 Å². The first-order valence-corrected chi connectivity index (χ1v) is 6.67. The van der Waals surface area contributed by atoms with Crippen LogP contribution < -0.4 is 11.1 Å². The monoisotopic (exact) mass is 265 g/mol. The molecule has 1 aliphatic rings. The zero-order valence-electron chi connectivity index (χ0n) is 9.16. The molecule has 17 heavy (non-hydrogen) atoms. The van der Waals surface area contributed by atoms with Gasteiger partial charge in [0.1, 0.15) is 5.82 Å². The van der Waals surface area contributed by atoms with Crippen LogP contribution in [0.3, 0.4) is 0 Å². The Labute approximate surface area is 109 Å². The van der Waals surface area contributed by atoms with Gasteiger partial charge in [0.25, 0.3) is 0 Å². The summed E-state index contributed by atoms with van der Waals surface area (Å²) in [4.78, 5) is 6.61. The molecule has 0 amide bonds. The summed E-state index contributed by atoms with van der Waals surface area (Å²) in [6.07, 6.45) is 2.71. The fourth-order valence-corrected chi connectivity index (χ4v) is 3.50. The van der Waals surface area contributed by atoms with Gasteiger partial charge in [-0.15, -0.1) is 11.3 Å². The van der Waals surface area contributed by atoms with Gasteiger partial charge in [-0.25, -0.2) is 4.98 Å². The molecule has 1 aliphatic heterocycles. The van der Waals surface area contributed by atoms with E-state index in [2.05, 4.69) is 16.4 Å². The molecule has 0 saturated carbocycles. The van der Waals surface area contributed by atoms with Crippen LogP contribution in [0.4, 0.5) is 5.82 Å². The number of nitrogen functional groups attached to an aromatic ring is 1. The molecule has 0 fully saturated rings. The van der Waals surface area contributed by atoms with Gasteiger partial charge in [-0.05, 0) is 24.1 Å². The summed E-state index contributed by atoms with van der Waals surface area (Å²) in [5.74, 6) is 0.508. The smallest absolute Gasteiger partial charge is 0.124 e. The summed E-state index contributed by atoms with van der Waals surface area (Å²) in [5.41, 5.74) is 8.07. The quantitative estimate of drug-likeness (QED) is 0.834. The number of aromatic nitrogens is 1. The SMILES string of the molecule is Nc1cc(-c2cc3c(s2)CCNC3)c(Cl)cn1. The van der Waals surface area contributed by atoms with E-state index in [0.29, 0.717) is 10.8 Å². The van der Waals surface area contributed by atoms with Crippen molar-refractivity contribution < 1.29 is 0 Å². The lowest BCUT2D eigenvalue weighted by Crippen LogP contribution is -2.21. The molecule has 3 nitrogen and oxygen atoms in total. The molecule has 0 spiro atoms. The normalized spacial score (nSPS) is 14.6. The third-order valence-electron chi connectivity index (χ3n) is 2.88. The zero-order valence-corrected chi connectivity index (χ0v) is 10.7. The number of nitrogens with one attached hydrogen (secondary N) is 1. The molecule has 3 rings (SSSR count). The fraction of sp³-hybridized carbons (Fsp3) is 0.250. The van der Waals surface area contributed by atoms with E-state index in [1.807, 2.05) is 6.07 Å². The molecule has 0 aromatic carbocycles. The molecule has 3 heterocycles. The predicted octanol–water partition coefficient (Wildman–Crippen LogP) is 2.69. The summed E-state index contributed by atoms with van der Waals surface area (Å²) in [6.45, 7) is 2.00. The molecule has 3 N–H and O–H groups in total. The van der Waals surface area contributed by atoms with Crippen molar-refractivity contribution in [3.05, 3.63) is 33.8 Å². The van der Waals surface area contributed by atoms with Crippen LogP contribution in [0.1, 0.15) is 10.4 Å². The lowest BCUT2D eigenvalue weighted by Gasteiger charge is -2.10. The first-order valence-electron chi connectivity index (χ1n) is 5.48. The maximum atomic E-state index is 6.17. The molecule has 2 aromatic rings. The van der Waals surface area contributed by atoms with E-state index < -0.39 is 0 Å². The Morgan fingerprint density at radius 2 is 2.29 bits per heavy atom. The minimum atomic E-state index is 0.508. The van der Waals surface area contributed by atoms with Gasteiger partial charge in [0.15, 0.2) is 0 Å². The van der Waals surface area contributed by atoms with Crippen molar-refractivity contribution >= 4 is 28.8 Å². The van der Waals surface area contributed by atoms with Crippen molar-refractivity contribution in [3.8, 4) is 10.4 Å². The minimum absolute atomic E-state index is 0.508. The van der Waals surface area contributed by atoms with Crippen LogP contribution >= 0.6 is 22.9 Å². The number of hydrogen-bond acceptors (Lipinski definition) is 4. The van der Waals surface area contributed by atoms with Gasteiger partial charge in [-0.2, -0.15) is 0 Å². The number of anilines is 1. The third kappa shape index (κ3) is 2.04. The molecule has 2 aromatic heterocycles. The topological polar surface area (TPSA) is 50.9 Å². The van der Waals surface area contributed by atoms with Gasteiger partial charge >= 0.3 is 0 Å². The average Bonchev–Trinajstić information content (AvgIpc) is 2.75. The molecule has 0 aliphatic carbocycles. The Morgan fingerprint density at radius 3 is 3.12 bits per heavy atom. The van der Waals surface area contributed by atoms with E-state index in [-0.39, 0.29) is 0 Å². The number of halogens is 1. The number of rotatable bonds is 1. The number of thiophene rings is 1. The average molecular weight is 266 g/mol. The van der Waals surface area contributed by atoms with Crippen molar-refractivity contribution in [1.29, 1.82) is 0 Å². The molecular formula is C12H12ClN3S. The van der Waals surface area contributed by atoms with E-state index in [1.165, 1.54) is 15.3 Å². The van der Waals surface area contributed by atoms with E-state index in [1.54, 1.807) is 17.5 Å². The Morgan fingerprint density at radius 1 is 1.41 bits per heavy atom. The van der Waals surface area contributed by atoms with Gasteiger partial charge < -0.3 is 11.1 Å². The summed E-state index contributed by atoms with van der Waals surface area (Å²) in [6, 6.07) is 4.04. The second-order valence-corrected chi connectivity index (χ2v) is 5.62. The Bertz CT molecular complexity index is 541. The first-order chi connectivity index (χ1) is 8.24. The minimum Gasteiger partial charge on any atom is -0.384 e. The lowest BCUT2D eigenvalue weighted by molar-refractivity contribution is 0.653. The highest BCUT2D eigenvalue weighted by Crippen LogP contribution is 2.37. The fourth-order valence-electron chi connectivity index (χ4n) is 2.03. The molecule has 88 valence electrons. The molecule has 5 heteroatoms. The van der Waals surface area contributed by atoms with Crippen LogP contribution in [-0.2, 0) is 13.0 Å². The van der Waals surface area contributed by atoms with Crippen LogP contribution in [0.25, 0.3) is 10.4 Å². The van der Waals surface area contributed by atoms with Gasteiger partial charge in [-0.3, -0.25) is 0 Å². The number of nitrogens with two attached hydrogens (primary N) is 1. The molecule has 0 unspecified atom stereocenters. The van der Waals surface area contributed by atoms with E-state index in [9.17, 15) is 0 Å². The highest BCUT2D eigenvalue weighted by atomic mass is 35.5. The van der Waals surface area contributed by atoms with Crippen LogP contribution in [-0.4, -0.2) is 11.5 Å². The summed E-state index contributed by atoms with van der Waals surface area (Å²) >= 11 is 7.97. The van der Waals surface area contributed by atoms with Crippen molar-refractivity contribution in [2.24, 2.45) is 0 Å². The third-order valence-corrected chi connectivity index (χ3v) is 4.45. The van der Waals surface area contributed by atoms with Crippen molar-refractivity contribution in [2.75, 3.05) is 12.3 Å². The van der Waals surface area contributed by atoms with E-state index in [0.717, 1.165) is 25.1 Å². The van der Waals surface area contributed by atoms with Gasteiger partial charge in [0.2, 0.25) is 0 Å². The van der Waals surface area contributed by atoms with E-state index in [4.69, 9.17) is 17.3 Å². The van der Waals surface area contributed by atoms with Crippen LogP contribution in [0.5, 0.6) is 0 Å². The highest BCUT2D eigenvalue weighted by Gasteiger charge is 2.15. The number of pyridine rings is 1. The Hall–Kier alpha value is -1.10. The molecule has 0 atom stereocenters. The second-order valence-electron chi connectivity index (χ2n) is 4.07. The number of hydrogen-bond donors (Lipinski definition) is 2. The van der Waals surface area contributed by atoms with Crippen LogP contribution in [0.15, 0.2) is 18.3 Å². The standard InChI is InChI=1S/C12H12ClN3S/c13-9-6-16-12(14)4-8(9)11-3-7-5-15-2-1-10(7)17-11/h3-4,6,15H,1-2,5H2,(H2,14,16). The first kappa shape index (κ1) is 11.0. The van der Waals surface area contributed by atoms with Crippen molar-refractivity contribution in [2.45, 2.75) is 13.0 Å². The molecule has 0 bridgehead atoms. The van der Waals surface area contributed by atoms with Crippen molar-refractivity contribution in [1.82, 2.24) is 10.3 Å². The summed E-state index contributed by atoms with van der Waals surface area (Å²) in [5, 5.41) is 4.03. The lowest BCUT2D eigenvalue weighted by atomic mass is 10.1. The highest BCUT2D eigenvalue weighted by molar-refractivity contribution is 7.15. The molecule has 0 saturated heterocycles.